The fraction of sp³-hybridized carbons (Fsp3) is 0.944. The lowest BCUT2D eigenvalue weighted by atomic mass is 9.96. The molecule has 2 heterocycles. The third kappa shape index (κ3) is 5.79. The zero-order valence-electron chi connectivity index (χ0n) is 17.6. The van der Waals surface area contributed by atoms with Crippen LogP contribution in [0, 0.1) is 0 Å². The van der Waals surface area contributed by atoms with E-state index in [0.29, 0.717) is 0 Å². The quantitative estimate of drug-likeness (QED) is 0.142. The van der Waals surface area contributed by atoms with Gasteiger partial charge in [0, 0.05) is 0 Å². The molecule has 2 saturated heterocycles. The lowest BCUT2D eigenvalue weighted by Gasteiger charge is -2.46. The molecule has 0 saturated carbocycles. The monoisotopic (exact) mass is 471 g/mol. The second-order valence-electron chi connectivity index (χ2n) is 8.03. The fourth-order valence-corrected chi connectivity index (χ4v) is 3.47. The van der Waals surface area contributed by atoms with Crippen LogP contribution in [0.4, 0.5) is 0 Å². The van der Waals surface area contributed by atoms with E-state index in [2.05, 4.69) is 0 Å². The molecule has 0 aromatic rings. The second kappa shape index (κ2) is 11.5. The van der Waals surface area contributed by atoms with Crippen LogP contribution in [0.15, 0.2) is 0 Å². The van der Waals surface area contributed by atoms with Gasteiger partial charge in [-0.25, -0.2) is 0 Å². The maximum absolute atomic E-state index is 11.5. The zero-order chi connectivity index (χ0) is 24.3. The van der Waals surface area contributed by atoms with Crippen molar-refractivity contribution < 1.29 is 64.6 Å². The van der Waals surface area contributed by atoms with Gasteiger partial charge in [0.05, 0.1) is 24.9 Å². The molecule has 0 bridgehead atoms. The maximum Gasteiger partial charge on any atom is 0.187 e. The van der Waals surface area contributed by atoms with E-state index in [1.807, 2.05) is 0 Å². The summed E-state index contributed by atoms with van der Waals surface area (Å²) < 4.78 is 21.8. The van der Waals surface area contributed by atoms with E-state index in [9.17, 15) is 45.6 Å². The fourth-order valence-electron chi connectivity index (χ4n) is 3.47. The first-order chi connectivity index (χ1) is 14.9. The van der Waals surface area contributed by atoms with Crippen molar-refractivity contribution in [3.05, 3.63) is 0 Å². The van der Waals surface area contributed by atoms with Crippen LogP contribution in [0.1, 0.15) is 13.8 Å². The lowest BCUT2D eigenvalue weighted by molar-refractivity contribution is -0.357. The molecule has 188 valence electrons. The van der Waals surface area contributed by atoms with Crippen molar-refractivity contribution >= 4 is 6.29 Å². The number of hydrogen-bond acceptors (Lipinski definition) is 14. The van der Waals surface area contributed by atoms with Crippen LogP contribution in [-0.4, -0.2) is 140 Å². The summed E-state index contributed by atoms with van der Waals surface area (Å²) in [6.07, 6.45) is -19.9. The van der Waals surface area contributed by atoms with E-state index >= 15 is 0 Å². The summed E-state index contributed by atoms with van der Waals surface area (Å²) >= 11 is 0. The molecule has 0 radical (unpaired) electrons. The Labute approximate surface area is 183 Å². The van der Waals surface area contributed by atoms with Crippen LogP contribution >= 0.6 is 0 Å². The van der Waals surface area contributed by atoms with Gasteiger partial charge in [0.25, 0.3) is 0 Å². The Bertz CT molecular complexity index is 595. The molecule has 0 spiro atoms. The standard InChI is InChI=1S/C18H33NO13/c1-5(22)10(23)12(25)7(3-20)31-18-16(15(28)11(24)6(2)29-18)32-17-9(19)14(27)13(26)8(4-21)30-17/h3,5-18,21-28H,4,19H2,1-2H3/t5-,6-,7-,8+,9+,10-,11-,12-,13+,14+,15+,16+,17-,18-/m0/s1. The number of nitrogens with two attached hydrogens (primary N) is 1. The summed E-state index contributed by atoms with van der Waals surface area (Å²) in [5.41, 5.74) is 5.82. The zero-order valence-corrected chi connectivity index (χ0v) is 17.6. The van der Waals surface area contributed by atoms with Crippen molar-refractivity contribution in [2.75, 3.05) is 6.61 Å². The summed E-state index contributed by atoms with van der Waals surface area (Å²) in [5.74, 6) is 0. The van der Waals surface area contributed by atoms with Gasteiger partial charge >= 0.3 is 0 Å². The van der Waals surface area contributed by atoms with E-state index in [1.165, 1.54) is 13.8 Å². The minimum Gasteiger partial charge on any atom is -0.394 e. The number of carbonyl (C=O) groups is 1. The summed E-state index contributed by atoms with van der Waals surface area (Å²) in [4.78, 5) is 11.5. The number of aliphatic hydroxyl groups excluding tert-OH is 8. The molecule has 2 rings (SSSR count). The number of hydrogen-bond donors (Lipinski definition) is 9. The number of aliphatic hydroxyl groups is 8. The van der Waals surface area contributed by atoms with Gasteiger partial charge in [0.1, 0.15) is 54.9 Å². The summed E-state index contributed by atoms with van der Waals surface area (Å²) in [6.45, 7) is 1.88. The summed E-state index contributed by atoms with van der Waals surface area (Å²) in [6, 6.07) is -1.35. The van der Waals surface area contributed by atoms with E-state index < -0.39 is 92.4 Å². The van der Waals surface area contributed by atoms with Gasteiger partial charge in [-0.15, -0.1) is 0 Å². The van der Waals surface area contributed by atoms with E-state index in [-0.39, 0.29) is 6.29 Å². The molecule has 32 heavy (non-hydrogen) atoms. The average Bonchev–Trinajstić information content (AvgIpc) is 2.76. The molecule has 0 amide bonds. The number of ether oxygens (including phenoxy) is 4. The third-order valence-corrected chi connectivity index (χ3v) is 5.61. The van der Waals surface area contributed by atoms with Gasteiger partial charge < -0.3 is 70.3 Å². The van der Waals surface area contributed by atoms with E-state index in [0.717, 1.165) is 0 Å². The molecule has 0 aromatic heterocycles. The molecule has 0 unspecified atom stereocenters. The Balaban J connectivity index is 2.23. The highest BCUT2D eigenvalue weighted by Crippen LogP contribution is 2.30. The molecule has 2 aliphatic heterocycles. The van der Waals surface area contributed by atoms with Crippen molar-refractivity contribution in [3.63, 3.8) is 0 Å². The van der Waals surface area contributed by atoms with Crippen molar-refractivity contribution in [1.82, 2.24) is 0 Å². The van der Waals surface area contributed by atoms with E-state index in [1.54, 1.807) is 0 Å². The van der Waals surface area contributed by atoms with Gasteiger partial charge in [-0.05, 0) is 13.8 Å². The number of rotatable bonds is 9. The van der Waals surface area contributed by atoms with Crippen molar-refractivity contribution in [3.8, 4) is 0 Å². The number of carbonyl (C=O) groups excluding carboxylic acids is 1. The first-order valence-corrected chi connectivity index (χ1v) is 10.1. The minimum absolute atomic E-state index is 0.142. The molecular weight excluding hydrogens is 438 g/mol. The predicted molar refractivity (Wildman–Crippen MR) is 102 cm³/mol. The van der Waals surface area contributed by atoms with E-state index in [4.69, 9.17) is 24.7 Å². The second-order valence-corrected chi connectivity index (χ2v) is 8.03. The van der Waals surface area contributed by atoms with Crippen LogP contribution in [0.3, 0.4) is 0 Å². The highest BCUT2D eigenvalue weighted by molar-refractivity contribution is 5.57. The van der Waals surface area contributed by atoms with Crippen molar-refractivity contribution in [2.24, 2.45) is 5.73 Å². The molecule has 14 heteroatoms. The van der Waals surface area contributed by atoms with Crippen molar-refractivity contribution in [1.29, 1.82) is 0 Å². The van der Waals surface area contributed by atoms with Crippen LogP contribution in [0.5, 0.6) is 0 Å². The van der Waals surface area contributed by atoms with Crippen LogP contribution in [-0.2, 0) is 23.7 Å². The Kier molecular flexibility index (Phi) is 9.87. The third-order valence-electron chi connectivity index (χ3n) is 5.61. The molecule has 10 N–H and O–H groups in total. The maximum atomic E-state index is 11.5. The molecule has 2 aliphatic rings. The Hall–Kier alpha value is -0.850. The Morgan fingerprint density at radius 3 is 2.12 bits per heavy atom. The Morgan fingerprint density at radius 1 is 0.969 bits per heavy atom. The van der Waals surface area contributed by atoms with Crippen LogP contribution < -0.4 is 5.73 Å². The molecule has 0 aliphatic carbocycles. The van der Waals surface area contributed by atoms with Gasteiger partial charge in [-0.2, -0.15) is 0 Å². The summed E-state index contributed by atoms with van der Waals surface area (Å²) in [7, 11) is 0. The van der Waals surface area contributed by atoms with Gasteiger partial charge in [0.15, 0.2) is 18.9 Å². The SMILES string of the molecule is C[C@H](O)[C@H](O)[C@@H](O)[C@H](C=O)O[C@@H]1O[C@@H](C)[C@H](O)[C@@H](O)[C@H]1O[C@@H]1O[C@H](CO)[C@@H](O)[C@H](O)[C@H]1N. The molecule has 14 atom stereocenters. The topological polar surface area (TPSA) is 242 Å². The largest absolute Gasteiger partial charge is 0.394 e. The highest BCUT2D eigenvalue weighted by Gasteiger charge is 2.50. The van der Waals surface area contributed by atoms with Crippen LogP contribution in [0.25, 0.3) is 0 Å². The molecule has 0 aromatic carbocycles. The van der Waals surface area contributed by atoms with Gasteiger partial charge in [-0.1, -0.05) is 0 Å². The first-order valence-electron chi connectivity index (χ1n) is 10.1. The lowest BCUT2D eigenvalue weighted by Crippen LogP contribution is -2.66. The normalized spacial score (nSPS) is 44.5. The highest BCUT2D eigenvalue weighted by atomic mass is 16.8. The molecule has 14 nitrogen and oxygen atoms in total. The minimum atomic E-state index is -1.88. The van der Waals surface area contributed by atoms with Crippen molar-refractivity contribution in [2.45, 2.75) is 99.6 Å². The first kappa shape index (κ1) is 27.4. The van der Waals surface area contributed by atoms with Crippen LogP contribution in [0.2, 0.25) is 0 Å². The molecular formula is C18H33NO13. The number of aldehydes is 1. The predicted octanol–water partition coefficient (Wildman–Crippen LogP) is -5.71. The summed E-state index contributed by atoms with van der Waals surface area (Å²) in [5, 5.41) is 79.4. The smallest absolute Gasteiger partial charge is 0.187 e. The van der Waals surface area contributed by atoms with Gasteiger partial charge in [-0.3, -0.25) is 0 Å². The Morgan fingerprint density at radius 2 is 1.59 bits per heavy atom. The average molecular weight is 471 g/mol. The van der Waals surface area contributed by atoms with Gasteiger partial charge in [0.2, 0.25) is 0 Å². The molecule has 2 fully saturated rings.